The number of amides is 1. The summed E-state index contributed by atoms with van der Waals surface area (Å²) in [6, 6.07) is 0. The number of nitrogens with one attached hydrogen (secondary N) is 1. The highest BCUT2D eigenvalue weighted by atomic mass is 16.1. The lowest BCUT2D eigenvalue weighted by Crippen LogP contribution is -2.38. The van der Waals surface area contributed by atoms with Crippen LogP contribution in [0.3, 0.4) is 0 Å². The second kappa shape index (κ2) is 4.74. The molecule has 2 rings (SSSR count). The van der Waals surface area contributed by atoms with Crippen LogP contribution in [0.1, 0.15) is 45.4 Å². The van der Waals surface area contributed by atoms with E-state index in [0.717, 1.165) is 31.8 Å². The average molecular weight is 224 g/mol. The van der Waals surface area contributed by atoms with Gasteiger partial charge in [0.2, 0.25) is 5.91 Å². The number of carbonyl (C=O) groups is 1. The van der Waals surface area contributed by atoms with Gasteiger partial charge in [-0.2, -0.15) is 0 Å². The lowest BCUT2D eigenvalue weighted by atomic mass is 9.82. The third-order valence-electron chi connectivity index (χ3n) is 4.41. The fourth-order valence-electron chi connectivity index (χ4n) is 2.57. The Kier molecular flexibility index (Phi) is 3.53. The van der Waals surface area contributed by atoms with E-state index in [-0.39, 0.29) is 17.2 Å². The van der Waals surface area contributed by atoms with Gasteiger partial charge in [-0.25, -0.2) is 0 Å². The molecule has 0 radical (unpaired) electrons. The molecule has 0 saturated heterocycles. The molecule has 2 aliphatic carbocycles. The second-order valence-electron chi connectivity index (χ2n) is 5.88. The molecule has 3 nitrogen and oxygen atoms in total. The van der Waals surface area contributed by atoms with Gasteiger partial charge in [0, 0.05) is 12.5 Å². The number of hydrogen-bond acceptors (Lipinski definition) is 2. The summed E-state index contributed by atoms with van der Waals surface area (Å²) in [5, 5.41) is 3.10. The molecule has 92 valence electrons. The highest BCUT2D eigenvalue weighted by molar-refractivity contribution is 5.78. The van der Waals surface area contributed by atoms with Crippen LogP contribution >= 0.6 is 0 Å². The topological polar surface area (TPSA) is 55.1 Å². The molecule has 0 aromatic rings. The summed E-state index contributed by atoms with van der Waals surface area (Å²) < 4.78 is 0. The minimum Gasteiger partial charge on any atom is -0.355 e. The fraction of sp³-hybridized carbons (Fsp3) is 0.923. The van der Waals surface area contributed by atoms with Gasteiger partial charge in [-0.1, -0.05) is 6.92 Å². The van der Waals surface area contributed by atoms with E-state index in [9.17, 15) is 4.79 Å². The molecule has 2 fully saturated rings. The summed E-state index contributed by atoms with van der Waals surface area (Å²) in [6.45, 7) is 3.80. The first-order valence-corrected chi connectivity index (χ1v) is 6.63. The predicted octanol–water partition coefficient (Wildman–Crippen LogP) is 1.67. The molecule has 0 unspecified atom stereocenters. The maximum absolute atomic E-state index is 11.9. The smallest absolute Gasteiger partial charge is 0.223 e. The number of nitrogens with two attached hydrogens (primary N) is 1. The predicted molar refractivity (Wildman–Crippen MR) is 64.9 cm³/mol. The highest BCUT2D eigenvalue weighted by Gasteiger charge is 2.41. The molecule has 0 aromatic carbocycles. The van der Waals surface area contributed by atoms with Gasteiger partial charge in [0.15, 0.2) is 0 Å². The summed E-state index contributed by atoms with van der Waals surface area (Å²) >= 11 is 0. The maximum Gasteiger partial charge on any atom is 0.223 e. The SMILES string of the molecule is CC1CCC(C(=O)NCC2(CN)CC2)CC1. The Morgan fingerprint density at radius 1 is 1.31 bits per heavy atom. The van der Waals surface area contributed by atoms with Gasteiger partial charge in [0.25, 0.3) is 0 Å². The lowest BCUT2D eigenvalue weighted by Gasteiger charge is -2.26. The van der Waals surface area contributed by atoms with Crippen LogP contribution in [0, 0.1) is 17.3 Å². The summed E-state index contributed by atoms with van der Waals surface area (Å²) in [4.78, 5) is 11.9. The molecule has 3 N–H and O–H groups in total. The van der Waals surface area contributed by atoms with Crippen molar-refractivity contribution in [1.82, 2.24) is 5.32 Å². The van der Waals surface area contributed by atoms with E-state index < -0.39 is 0 Å². The summed E-state index contributed by atoms with van der Waals surface area (Å²) in [6.07, 6.45) is 6.93. The van der Waals surface area contributed by atoms with Gasteiger partial charge in [0.1, 0.15) is 0 Å². The van der Waals surface area contributed by atoms with E-state index in [4.69, 9.17) is 5.73 Å². The zero-order valence-corrected chi connectivity index (χ0v) is 10.3. The first kappa shape index (κ1) is 11.9. The first-order chi connectivity index (χ1) is 7.65. The van der Waals surface area contributed by atoms with Crippen LogP contribution in [0.25, 0.3) is 0 Å². The van der Waals surface area contributed by atoms with Crippen molar-refractivity contribution in [1.29, 1.82) is 0 Å². The zero-order valence-electron chi connectivity index (χ0n) is 10.3. The molecule has 1 amide bonds. The van der Waals surface area contributed by atoms with E-state index >= 15 is 0 Å². The maximum atomic E-state index is 11.9. The van der Waals surface area contributed by atoms with Crippen molar-refractivity contribution in [2.45, 2.75) is 45.4 Å². The number of carbonyl (C=O) groups excluding carboxylic acids is 1. The van der Waals surface area contributed by atoms with Crippen LogP contribution in [0.5, 0.6) is 0 Å². The molecule has 2 saturated carbocycles. The molecule has 0 aromatic heterocycles. The van der Waals surface area contributed by atoms with Gasteiger partial charge < -0.3 is 11.1 Å². The molecule has 0 bridgehead atoms. The van der Waals surface area contributed by atoms with E-state index in [0.29, 0.717) is 0 Å². The molecule has 2 aliphatic rings. The average Bonchev–Trinajstić information content (AvgIpc) is 3.08. The van der Waals surface area contributed by atoms with Gasteiger partial charge in [-0.15, -0.1) is 0 Å². The number of rotatable bonds is 4. The normalized spacial score (nSPS) is 32.1. The minimum absolute atomic E-state index is 0.262. The van der Waals surface area contributed by atoms with E-state index in [1.807, 2.05) is 0 Å². The first-order valence-electron chi connectivity index (χ1n) is 6.63. The standard InChI is InChI=1S/C13H24N2O/c1-10-2-4-11(5-3-10)12(16)15-9-13(8-14)6-7-13/h10-11H,2-9,14H2,1H3,(H,15,16). The van der Waals surface area contributed by atoms with E-state index in [1.165, 1.54) is 25.7 Å². The third kappa shape index (κ3) is 2.76. The molecule has 0 aliphatic heterocycles. The Hall–Kier alpha value is -0.570. The molecule has 16 heavy (non-hydrogen) atoms. The number of hydrogen-bond donors (Lipinski definition) is 2. The summed E-state index contributed by atoms with van der Waals surface area (Å²) in [5.74, 6) is 1.35. The molecular weight excluding hydrogens is 200 g/mol. The van der Waals surface area contributed by atoms with Gasteiger partial charge >= 0.3 is 0 Å². The Balaban J connectivity index is 1.71. The molecule has 0 spiro atoms. The Morgan fingerprint density at radius 2 is 1.94 bits per heavy atom. The van der Waals surface area contributed by atoms with Gasteiger partial charge in [-0.05, 0) is 56.4 Å². The molecule has 0 heterocycles. The fourth-order valence-corrected chi connectivity index (χ4v) is 2.57. The highest BCUT2D eigenvalue weighted by Crippen LogP contribution is 2.43. The largest absolute Gasteiger partial charge is 0.355 e. The van der Waals surface area contributed by atoms with Crippen molar-refractivity contribution in [3.05, 3.63) is 0 Å². The van der Waals surface area contributed by atoms with Crippen molar-refractivity contribution in [3.63, 3.8) is 0 Å². The van der Waals surface area contributed by atoms with Crippen LogP contribution in [-0.2, 0) is 4.79 Å². The molecule has 3 heteroatoms. The minimum atomic E-state index is 0.262. The van der Waals surface area contributed by atoms with Crippen molar-refractivity contribution >= 4 is 5.91 Å². The Labute approximate surface area is 98.2 Å². The van der Waals surface area contributed by atoms with Crippen molar-refractivity contribution in [2.24, 2.45) is 23.0 Å². The van der Waals surface area contributed by atoms with E-state index in [2.05, 4.69) is 12.2 Å². The van der Waals surface area contributed by atoms with Crippen molar-refractivity contribution in [3.8, 4) is 0 Å². The molecular formula is C13H24N2O. The van der Waals surface area contributed by atoms with Crippen LogP contribution < -0.4 is 11.1 Å². The quantitative estimate of drug-likeness (QED) is 0.763. The molecule has 0 atom stereocenters. The van der Waals surface area contributed by atoms with E-state index in [1.54, 1.807) is 0 Å². The zero-order chi connectivity index (χ0) is 11.6. The van der Waals surface area contributed by atoms with Crippen LogP contribution in [0.15, 0.2) is 0 Å². The summed E-state index contributed by atoms with van der Waals surface area (Å²) in [7, 11) is 0. The second-order valence-corrected chi connectivity index (χ2v) is 5.88. The monoisotopic (exact) mass is 224 g/mol. The van der Waals surface area contributed by atoms with Crippen molar-refractivity contribution < 1.29 is 4.79 Å². The van der Waals surface area contributed by atoms with Crippen LogP contribution in [-0.4, -0.2) is 19.0 Å². The Morgan fingerprint density at radius 3 is 2.44 bits per heavy atom. The Bertz CT molecular complexity index is 253. The summed E-state index contributed by atoms with van der Waals surface area (Å²) in [5.41, 5.74) is 5.96. The van der Waals surface area contributed by atoms with Crippen molar-refractivity contribution in [2.75, 3.05) is 13.1 Å². The van der Waals surface area contributed by atoms with Gasteiger partial charge in [-0.3, -0.25) is 4.79 Å². The van der Waals surface area contributed by atoms with Crippen LogP contribution in [0.4, 0.5) is 0 Å². The lowest BCUT2D eigenvalue weighted by molar-refractivity contribution is -0.126. The van der Waals surface area contributed by atoms with Gasteiger partial charge in [0.05, 0.1) is 0 Å². The van der Waals surface area contributed by atoms with Crippen LogP contribution in [0.2, 0.25) is 0 Å². The third-order valence-corrected chi connectivity index (χ3v) is 4.41.